The van der Waals surface area contributed by atoms with Crippen LogP contribution in [0.1, 0.15) is 11.1 Å². The number of fused-ring (bicyclic) bond motifs is 1. The van der Waals surface area contributed by atoms with E-state index in [2.05, 4.69) is 9.97 Å². The van der Waals surface area contributed by atoms with Crippen molar-refractivity contribution in [1.82, 2.24) is 9.97 Å². The van der Waals surface area contributed by atoms with Crippen molar-refractivity contribution in [2.75, 3.05) is 0 Å². The van der Waals surface area contributed by atoms with Crippen LogP contribution in [0.2, 0.25) is 0 Å². The van der Waals surface area contributed by atoms with Crippen LogP contribution in [0.25, 0.3) is 22.4 Å². The minimum atomic E-state index is -0.214. The summed E-state index contributed by atoms with van der Waals surface area (Å²) >= 11 is 0. The Hall–Kier alpha value is -2.16. The molecular formula is C15H13FN2. The second-order valence-corrected chi connectivity index (χ2v) is 4.49. The monoisotopic (exact) mass is 240 g/mol. The fourth-order valence-corrected chi connectivity index (χ4v) is 2.13. The van der Waals surface area contributed by atoms with Gasteiger partial charge in [-0.15, -0.1) is 0 Å². The maximum Gasteiger partial charge on any atom is 0.141 e. The highest BCUT2D eigenvalue weighted by atomic mass is 19.1. The molecule has 0 amide bonds. The Labute approximate surface area is 104 Å². The Balaban J connectivity index is 2.26. The average Bonchev–Trinajstić information content (AvgIpc) is 2.78. The molecule has 0 fully saturated rings. The highest BCUT2D eigenvalue weighted by Gasteiger charge is 2.12. The van der Waals surface area contributed by atoms with Crippen LogP contribution in [0.5, 0.6) is 0 Å². The molecule has 18 heavy (non-hydrogen) atoms. The molecule has 0 bridgehead atoms. The number of H-pyrrole nitrogens is 1. The van der Waals surface area contributed by atoms with Crippen molar-refractivity contribution in [2.24, 2.45) is 0 Å². The average molecular weight is 240 g/mol. The van der Waals surface area contributed by atoms with Crippen LogP contribution in [0.15, 0.2) is 36.4 Å². The fourth-order valence-electron chi connectivity index (χ4n) is 2.13. The molecule has 3 rings (SSSR count). The van der Waals surface area contributed by atoms with E-state index in [-0.39, 0.29) is 5.82 Å². The van der Waals surface area contributed by atoms with E-state index in [1.807, 2.05) is 31.2 Å². The molecule has 3 heteroatoms. The topological polar surface area (TPSA) is 28.7 Å². The van der Waals surface area contributed by atoms with Crippen molar-refractivity contribution in [3.05, 3.63) is 53.3 Å². The number of imidazole rings is 1. The van der Waals surface area contributed by atoms with Crippen LogP contribution in [-0.4, -0.2) is 9.97 Å². The summed E-state index contributed by atoms with van der Waals surface area (Å²) in [6.45, 7) is 3.76. The van der Waals surface area contributed by atoms with Gasteiger partial charge in [0.2, 0.25) is 0 Å². The van der Waals surface area contributed by atoms with Crippen LogP contribution in [0.3, 0.4) is 0 Å². The number of hydrogen-bond acceptors (Lipinski definition) is 1. The maximum atomic E-state index is 14.1. The molecule has 1 heterocycles. The Bertz CT molecular complexity index is 728. The van der Waals surface area contributed by atoms with Gasteiger partial charge in [-0.3, -0.25) is 0 Å². The predicted octanol–water partition coefficient (Wildman–Crippen LogP) is 3.99. The van der Waals surface area contributed by atoms with Crippen molar-refractivity contribution in [2.45, 2.75) is 13.8 Å². The van der Waals surface area contributed by atoms with E-state index in [4.69, 9.17) is 0 Å². The van der Waals surface area contributed by atoms with E-state index in [1.54, 1.807) is 19.1 Å². The van der Waals surface area contributed by atoms with Gasteiger partial charge in [0.25, 0.3) is 0 Å². The number of halogens is 1. The number of nitrogens with zero attached hydrogens (tertiary/aromatic N) is 1. The molecule has 3 aromatic rings. The van der Waals surface area contributed by atoms with Gasteiger partial charge in [0.1, 0.15) is 11.6 Å². The molecule has 0 aliphatic carbocycles. The van der Waals surface area contributed by atoms with E-state index in [9.17, 15) is 4.39 Å². The molecule has 0 saturated heterocycles. The van der Waals surface area contributed by atoms with Gasteiger partial charge in [-0.1, -0.05) is 24.3 Å². The van der Waals surface area contributed by atoms with Crippen molar-refractivity contribution >= 4 is 11.0 Å². The zero-order chi connectivity index (χ0) is 12.7. The van der Waals surface area contributed by atoms with Gasteiger partial charge in [-0.05, 0) is 37.1 Å². The van der Waals surface area contributed by atoms with Gasteiger partial charge < -0.3 is 4.98 Å². The largest absolute Gasteiger partial charge is 0.338 e. The van der Waals surface area contributed by atoms with E-state index < -0.39 is 0 Å². The summed E-state index contributed by atoms with van der Waals surface area (Å²) in [4.78, 5) is 7.66. The molecule has 0 aliphatic rings. The van der Waals surface area contributed by atoms with Crippen LogP contribution in [-0.2, 0) is 0 Å². The summed E-state index contributed by atoms with van der Waals surface area (Å²) in [5.41, 5.74) is 4.07. The Kier molecular flexibility index (Phi) is 2.40. The third-order valence-corrected chi connectivity index (χ3v) is 3.16. The van der Waals surface area contributed by atoms with E-state index in [0.717, 1.165) is 16.6 Å². The lowest BCUT2D eigenvalue weighted by molar-refractivity contribution is 0.621. The van der Waals surface area contributed by atoms with E-state index in [0.29, 0.717) is 17.0 Å². The molecular weight excluding hydrogens is 227 g/mol. The third kappa shape index (κ3) is 1.59. The lowest BCUT2D eigenvalue weighted by Gasteiger charge is -2.01. The van der Waals surface area contributed by atoms with Crippen molar-refractivity contribution in [1.29, 1.82) is 0 Å². The molecule has 0 spiro atoms. The van der Waals surface area contributed by atoms with Crippen molar-refractivity contribution < 1.29 is 4.39 Å². The van der Waals surface area contributed by atoms with Crippen LogP contribution >= 0.6 is 0 Å². The molecule has 1 aromatic heterocycles. The zero-order valence-electron chi connectivity index (χ0n) is 10.3. The Morgan fingerprint density at radius 1 is 1.00 bits per heavy atom. The first-order valence-corrected chi connectivity index (χ1v) is 5.87. The van der Waals surface area contributed by atoms with E-state index in [1.165, 1.54) is 0 Å². The van der Waals surface area contributed by atoms with Gasteiger partial charge in [0.05, 0.1) is 16.6 Å². The fraction of sp³-hybridized carbons (Fsp3) is 0.133. The number of aromatic nitrogens is 2. The lowest BCUT2D eigenvalue weighted by Crippen LogP contribution is -1.89. The first-order chi connectivity index (χ1) is 8.66. The third-order valence-electron chi connectivity index (χ3n) is 3.16. The summed E-state index contributed by atoms with van der Waals surface area (Å²) in [5, 5.41) is 0. The van der Waals surface area contributed by atoms with Crippen LogP contribution in [0.4, 0.5) is 4.39 Å². The molecule has 0 aliphatic heterocycles. The first kappa shape index (κ1) is 11.0. The predicted molar refractivity (Wildman–Crippen MR) is 71.0 cm³/mol. The smallest absolute Gasteiger partial charge is 0.141 e. The molecule has 2 aromatic carbocycles. The number of nitrogens with one attached hydrogen (secondary N) is 1. The molecule has 2 nitrogen and oxygen atoms in total. The second-order valence-electron chi connectivity index (χ2n) is 4.49. The van der Waals surface area contributed by atoms with Crippen LogP contribution < -0.4 is 0 Å². The number of hydrogen-bond donors (Lipinski definition) is 1. The molecule has 0 saturated carbocycles. The molecule has 1 N–H and O–H groups in total. The summed E-state index contributed by atoms with van der Waals surface area (Å²) in [6, 6.07) is 11.3. The number of benzene rings is 2. The number of para-hydroxylation sites is 1. The highest BCUT2D eigenvalue weighted by Crippen LogP contribution is 2.25. The Morgan fingerprint density at radius 2 is 1.72 bits per heavy atom. The molecule has 90 valence electrons. The highest BCUT2D eigenvalue weighted by molar-refractivity contribution is 5.82. The molecule has 0 radical (unpaired) electrons. The normalized spacial score (nSPS) is 11.1. The van der Waals surface area contributed by atoms with Crippen molar-refractivity contribution in [3.8, 4) is 11.4 Å². The van der Waals surface area contributed by atoms with Gasteiger partial charge in [-0.2, -0.15) is 0 Å². The first-order valence-electron chi connectivity index (χ1n) is 5.87. The molecule has 0 atom stereocenters. The van der Waals surface area contributed by atoms with Gasteiger partial charge >= 0.3 is 0 Å². The van der Waals surface area contributed by atoms with Crippen LogP contribution in [0, 0.1) is 19.7 Å². The number of aromatic amines is 1. The van der Waals surface area contributed by atoms with Gasteiger partial charge in [0, 0.05) is 0 Å². The summed E-state index contributed by atoms with van der Waals surface area (Å²) in [5.74, 6) is 0.370. The van der Waals surface area contributed by atoms with Crippen molar-refractivity contribution in [3.63, 3.8) is 0 Å². The zero-order valence-corrected chi connectivity index (χ0v) is 10.3. The quantitative estimate of drug-likeness (QED) is 0.684. The lowest BCUT2D eigenvalue weighted by atomic mass is 10.1. The standard InChI is InChI=1S/C15H13FN2/c1-9-5-3-7-11(13(9)16)15-17-12-8-4-6-10(2)14(12)18-15/h3-8H,1-2H3,(H,17,18). The summed E-state index contributed by atoms with van der Waals surface area (Å²) in [7, 11) is 0. The second kappa shape index (κ2) is 3.95. The minimum Gasteiger partial charge on any atom is -0.338 e. The summed E-state index contributed by atoms with van der Waals surface area (Å²) < 4.78 is 14.1. The van der Waals surface area contributed by atoms with Gasteiger partial charge in [0.15, 0.2) is 0 Å². The maximum absolute atomic E-state index is 14.1. The number of aryl methyl sites for hydroxylation is 2. The molecule has 0 unspecified atom stereocenters. The van der Waals surface area contributed by atoms with Gasteiger partial charge in [-0.25, -0.2) is 9.37 Å². The SMILES string of the molecule is Cc1cccc(-c2nc3c(C)cccc3[nH]2)c1F. The Morgan fingerprint density at radius 3 is 2.50 bits per heavy atom. The van der Waals surface area contributed by atoms with E-state index >= 15 is 0 Å². The minimum absolute atomic E-state index is 0.214. The summed E-state index contributed by atoms with van der Waals surface area (Å²) in [6.07, 6.45) is 0. The number of rotatable bonds is 1.